The third-order valence-electron chi connectivity index (χ3n) is 4.34. The number of nitrogens with two attached hydrogens (primary N) is 1. The summed E-state index contributed by atoms with van der Waals surface area (Å²) < 4.78 is 5.20. The number of carbonyl (C=O) groups is 1. The van der Waals surface area contributed by atoms with Crippen LogP contribution in [0, 0.1) is 5.92 Å². The first kappa shape index (κ1) is 18.9. The lowest BCUT2D eigenvalue weighted by Gasteiger charge is -2.33. The van der Waals surface area contributed by atoms with Gasteiger partial charge in [-0.05, 0) is 32.1 Å². The number of carbonyl (C=O) groups excluding carboxylic acids is 1. The van der Waals surface area contributed by atoms with Crippen LogP contribution in [0.3, 0.4) is 0 Å². The maximum Gasteiger partial charge on any atom is 0.226 e. The zero-order valence-corrected chi connectivity index (χ0v) is 14.4. The molecule has 1 saturated carbocycles. The molecule has 126 valence electrons. The first-order chi connectivity index (χ1) is 9.94. The number of aryl methyl sites for hydroxylation is 1. The number of amides is 1. The molecule has 3 N–H and O–H groups in total. The number of halogens is 1. The third-order valence-corrected chi connectivity index (χ3v) is 4.34. The minimum absolute atomic E-state index is 0. The smallest absolute Gasteiger partial charge is 0.226 e. The van der Waals surface area contributed by atoms with Crippen LogP contribution in [0.5, 0.6) is 0 Å². The van der Waals surface area contributed by atoms with Crippen molar-refractivity contribution in [3.8, 4) is 0 Å². The summed E-state index contributed by atoms with van der Waals surface area (Å²) in [5, 5.41) is 7.00. The van der Waals surface area contributed by atoms with E-state index < -0.39 is 0 Å². The van der Waals surface area contributed by atoms with Crippen molar-refractivity contribution in [2.75, 3.05) is 6.54 Å². The van der Waals surface area contributed by atoms with Crippen LogP contribution in [0.4, 0.5) is 0 Å². The molecule has 0 saturated heterocycles. The first-order valence-electron chi connectivity index (χ1n) is 7.78. The lowest BCUT2D eigenvalue weighted by Crippen LogP contribution is -2.54. The lowest BCUT2D eigenvalue weighted by atomic mass is 9.88. The molecule has 0 aliphatic heterocycles. The molecule has 1 fully saturated rings. The van der Waals surface area contributed by atoms with E-state index in [2.05, 4.69) is 29.3 Å². The monoisotopic (exact) mass is 330 g/mol. The third kappa shape index (κ3) is 4.95. The summed E-state index contributed by atoms with van der Waals surface area (Å²) in [6.07, 6.45) is 4.12. The molecular formula is C15H27ClN4O2. The molecule has 0 spiro atoms. The number of aromatic nitrogens is 2. The molecule has 1 aromatic heterocycles. The maximum atomic E-state index is 12.0. The highest BCUT2D eigenvalue weighted by atomic mass is 35.5. The zero-order chi connectivity index (χ0) is 15.5. The number of nitrogens with one attached hydrogen (secondary N) is 1. The normalized spacial score (nSPS) is 17.0. The van der Waals surface area contributed by atoms with Crippen LogP contribution in [0.25, 0.3) is 0 Å². The van der Waals surface area contributed by atoms with E-state index in [-0.39, 0.29) is 23.9 Å². The molecule has 1 heterocycles. The fourth-order valence-corrected chi connectivity index (χ4v) is 2.09. The van der Waals surface area contributed by atoms with Crippen molar-refractivity contribution in [2.24, 2.45) is 11.7 Å². The number of hydrogen-bond acceptors (Lipinski definition) is 5. The highest BCUT2D eigenvalue weighted by Crippen LogP contribution is 2.38. The van der Waals surface area contributed by atoms with Gasteiger partial charge in [-0.2, -0.15) is 4.98 Å². The van der Waals surface area contributed by atoms with Gasteiger partial charge in [0.25, 0.3) is 0 Å². The van der Waals surface area contributed by atoms with Gasteiger partial charge in [0.15, 0.2) is 5.82 Å². The summed E-state index contributed by atoms with van der Waals surface area (Å²) in [5.74, 6) is 2.28. The Morgan fingerprint density at radius 3 is 2.73 bits per heavy atom. The Morgan fingerprint density at radius 1 is 1.50 bits per heavy atom. The van der Waals surface area contributed by atoms with Crippen LogP contribution in [0.2, 0.25) is 0 Å². The molecule has 1 aromatic rings. The minimum atomic E-state index is -0.347. The molecule has 1 atom stereocenters. The van der Waals surface area contributed by atoms with Gasteiger partial charge in [-0.3, -0.25) is 4.79 Å². The van der Waals surface area contributed by atoms with Gasteiger partial charge in [-0.25, -0.2) is 0 Å². The maximum absolute atomic E-state index is 12.0. The van der Waals surface area contributed by atoms with Gasteiger partial charge in [0, 0.05) is 25.3 Å². The molecule has 2 rings (SSSR count). The van der Waals surface area contributed by atoms with Crippen LogP contribution in [0.15, 0.2) is 4.52 Å². The largest absolute Gasteiger partial charge is 0.349 e. The number of hydrogen-bond donors (Lipinski definition) is 2. The Morgan fingerprint density at radius 2 is 2.18 bits per heavy atom. The summed E-state index contributed by atoms with van der Waals surface area (Å²) in [7, 11) is 0. The van der Waals surface area contributed by atoms with Crippen molar-refractivity contribution in [1.29, 1.82) is 0 Å². The van der Waals surface area contributed by atoms with E-state index >= 15 is 0 Å². The summed E-state index contributed by atoms with van der Waals surface area (Å²) in [4.78, 5) is 16.4. The molecule has 7 heteroatoms. The van der Waals surface area contributed by atoms with Crippen molar-refractivity contribution >= 4 is 18.3 Å². The van der Waals surface area contributed by atoms with Crippen molar-refractivity contribution in [3.63, 3.8) is 0 Å². The number of nitrogens with zero attached hydrogens (tertiary/aromatic N) is 2. The predicted octanol–water partition coefficient (Wildman–Crippen LogP) is 2.18. The summed E-state index contributed by atoms with van der Waals surface area (Å²) in [6, 6.07) is 0. The van der Waals surface area contributed by atoms with Crippen molar-refractivity contribution in [2.45, 2.75) is 64.3 Å². The lowest BCUT2D eigenvalue weighted by molar-refractivity contribution is -0.123. The molecule has 0 aromatic carbocycles. The second kappa shape index (κ2) is 7.92. The second-order valence-corrected chi connectivity index (χ2v) is 6.50. The van der Waals surface area contributed by atoms with E-state index in [9.17, 15) is 4.79 Å². The van der Waals surface area contributed by atoms with Gasteiger partial charge in [0.1, 0.15) is 0 Å². The quantitative estimate of drug-likeness (QED) is 0.762. The van der Waals surface area contributed by atoms with E-state index in [4.69, 9.17) is 10.3 Å². The van der Waals surface area contributed by atoms with Gasteiger partial charge in [-0.1, -0.05) is 19.0 Å². The Labute approximate surface area is 138 Å². The Hall–Kier alpha value is -1.14. The van der Waals surface area contributed by atoms with Gasteiger partial charge < -0.3 is 15.6 Å². The first-order valence-corrected chi connectivity index (χ1v) is 7.78. The molecule has 6 nitrogen and oxygen atoms in total. The fourth-order valence-electron chi connectivity index (χ4n) is 2.09. The van der Waals surface area contributed by atoms with Gasteiger partial charge in [0.05, 0.1) is 5.54 Å². The fraction of sp³-hybridized carbons (Fsp3) is 0.800. The Bertz CT molecular complexity index is 488. The molecule has 0 bridgehead atoms. The Balaban J connectivity index is 0.00000242. The van der Waals surface area contributed by atoms with Crippen LogP contribution in [0.1, 0.15) is 64.1 Å². The van der Waals surface area contributed by atoms with Crippen LogP contribution >= 0.6 is 12.4 Å². The van der Waals surface area contributed by atoms with E-state index in [0.717, 1.165) is 18.7 Å². The van der Waals surface area contributed by atoms with Crippen molar-refractivity contribution < 1.29 is 9.32 Å². The predicted molar refractivity (Wildman–Crippen MR) is 86.9 cm³/mol. The summed E-state index contributed by atoms with van der Waals surface area (Å²) in [5.41, 5.74) is 5.42. The van der Waals surface area contributed by atoms with Crippen molar-refractivity contribution in [1.82, 2.24) is 15.5 Å². The molecule has 22 heavy (non-hydrogen) atoms. The molecule has 0 radical (unpaired) electrons. The molecule has 1 amide bonds. The standard InChI is InChI=1S/C15H26N4O2.ClH/c1-10(2)15(3,9-16)18-12(20)5-4-6-13-17-14(19-21-13)11-7-8-11;/h10-11H,4-9,16H2,1-3H3,(H,18,20);1H. The SMILES string of the molecule is CC(C)C(C)(CN)NC(=O)CCCc1nc(C2CC2)no1.Cl. The average Bonchev–Trinajstić information content (AvgIpc) is 3.18. The average molecular weight is 331 g/mol. The van der Waals surface area contributed by atoms with E-state index in [1.807, 2.05) is 6.92 Å². The van der Waals surface area contributed by atoms with Gasteiger partial charge in [0.2, 0.25) is 11.8 Å². The van der Waals surface area contributed by atoms with E-state index in [1.165, 1.54) is 0 Å². The van der Waals surface area contributed by atoms with Gasteiger partial charge >= 0.3 is 0 Å². The van der Waals surface area contributed by atoms with Gasteiger partial charge in [-0.15, -0.1) is 12.4 Å². The zero-order valence-electron chi connectivity index (χ0n) is 13.6. The minimum Gasteiger partial charge on any atom is -0.349 e. The molecular weight excluding hydrogens is 304 g/mol. The highest BCUT2D eigenvalue weighted by molar-refractivity contribution is 5.85. The molecule has 1 aliphatic carbocycles. The summed E-state index contributed by atoms with van der Waals surface area (Å²) in [6.45, 7) is 6.54. The summed E-state index contributed by atoms with van der Waals surface area (Å²) >= 11 is 0. The van der Waals surface area contributed by atoms with Crippen molar-refractivity contribution in [3.05, 3.63) is 11.7 Å². The van der Waals surface area contributed by atoms with E-state index in [1.54, 1.807) is 0 Å². The number of rotatable bonds is 8. The van der Waals surface area contributed by atoms with E-state index in [0.29, 0.717) is 43.5 Å². The molecule has 1 unspecified atom stereocenters. The van der Waals surface area contributed by atoms with Crippen LogP contribution < -0.4 is 11.1 Å². The molecule has 1 aliphatic rings. The van der Waals surface area contributed by atoms with Crippen LogP contribution in [-0.2, 0) is 11.2 Å². The van der Waals surface area contributed by atoms with Crippen LogP contribution in [-0.4, -0.2) is 28.1 Å². The topological polar surface area (TPSA) is 94.0 Å². The highest BCUT2D eigenvalue weighted by Gasteiger charge is 2.29. The Kier molecular flexibility index (Phi) is 6.81. The second-order valence-electron chi connectivity index (χ2n) is 6.50.